The second kappa shape index (κ2) is 7.89. The lowest BCUT2D eigenvalue weighted by molar-refractivity contribution is -0.274. The minimum Gasteiger partial charge on any atom is -0.406 e. The van der Waals surface area contributed by atoms with Crippen molar-refractivity contribution in [2.24, 2.45) is 7.05 Å². The number of amides is 1. The number of hydrogen-bond donors (Lipinski definition) is 2. The fourth-order valence-corrected chi connectivity index (χ4v) is 4.50. The molecule has 1 aliphatic rings. The highest BCUT2D eigenvalue weighted by atomic mass is 32.2. The fourth-order valence-electron chi connectivity index (χ4n) is 3.24. The maximum Gasteiger partial charge on any atom is 0.573 e. The van der Waals surface area contributed by atoms with Crippen molar-refractivity contribution in [3.8, 4) is 5.75 Å². The zero-order valence-corrected chi connectivity index (χ0v) is 17.1. The van der Waals surface area contributed by atoms with Gasteiger partial charge in [-0.2, -0.15) is 22.5 Å². The first-order valence-corrected chi connectivity index (χ1v) is 10.2. The van der Waals surface area contributed by atoms with Gasteiger partial charge in [0.05, 0.1) is 11.7 Å². The molecule has 2 atom stereocenters. The second-order valence-electron chi connectivity index (χ2n) is 6.85. The van der Waals surface area contributed by atoms with Gasteiger partial charge in [0.25, 0.3) is 10.2 Å². The lowest BCUT2D eigenvalue weighted by Crippen LogP contribution is -2.56. The van der Waals surface area contributed by atoms with E-state index in [1.54, 1.807) is 24.9 Å². The number of likely N-dealkylation sites (N-methyl/N-ethyl adjacent to an activating group) is 1. The van der Waals surface area contributed by atoms with E-state index in [1.807, 2.05) is 0 Å². The number of carbonyl (C=O) groups excluding carboxylic acids is 1. The third-order valence-corrected chi connectivity index (χ3v) is 6.25. The average molecular weight is 447 g/mol. The van der Waals surface area contributed by atoms with Gasteiger partial charge in [-0.25, -0.2) is 0 Å². The number of carbonyl (C=O) groups is 1. The zero-order valence-electron chi connectivity index (χ0n) is 16.3. The normalized spacial score (nSPS) is 21.9. The summed E-state index contributed by atoms with van der Waals surface area (Å²) in [7, 11) is -0.958. The largest absolute Gasteiger partial charge is 0.573 e. The third kappa shape index (κ3) is 4.91. The van der Waals surface area contributed by atoms with Crippen molar-refractivity contribution in [1.82, 2.24) is 18.8 Å². The van der Waals surface area contributed by atoms with Gasteiger partial charge in [0.2, 0.25) is 5.91 Å². The Morgan fingerprint density at radius 2 is 1.90 bits per heavy atom. The predicted octanol–water partition coefficient (Wildman–Crippen LogP) is 1.85. The summed E-state index contributed by atoms with van der Waals surface area (Å²) in [6, 6.07) is 2.88. The van der Waals surface area contributed by atoms with Crippen molar-refractivity contribution >= 4 is 21.8 Å². The molecule has 2 aromatic rings. The Bertz CT molecular complexity index is 1040. The molecular formula is C17H20F3N5O4S. The highest BCUT2D eigenvalue weighted by molar-refractivity contribution is 7.87. The van der Waals surface area contributed by atoms with E-state index in [9.17, 15) is 26.4 Å². The van der Waals surface area contributed by atoms with Crippen LogP contribution in [0.3, 0.4) is 0 Å². The van der Waals surface area contributed by atoms with E-state index in [4.69, 9.17) is 0 Å². The van der Waals surface area contributed by atoms with Crippen molar-refractivity contribution in [2.45, 2.75) is 31.8 Å². The molecule has 1 fully saturated rings. The highest BCUT2D eigenvalue weighted by Crippen LogP contribution is 2.30. The van der Waals surface area contributed by atoms with Gasteiger partial charge in [-0.15, -0.1) is 13.2 Å². The number of rotatable bonds is 4. The molecule has 2 heterocycles. The summed E-state index contributed by atoms with van der Waals surface area (Å²) in [6.07, 6.45) is -3.00. The summed E-state index contributed by atoms with van der Waals surface area (Å²) in [4.78, 5) is 12.8. The molecule has 1 saturated heterocycles. The lowest BCUT2D eigenvalue weighted by atomic mass is 10.00. The van der Waals surface area contributed by atoms with E-state index < -0.39 is 40.3 Å². The minimum atomic E-state index is -4.82. The number of nitrogens with zero attached hydrogens (tertiary/aromatic N) is 3. The molecule has 2 N–H and O–H groups in total. The monoisotopic (exact) mass is 447 g/mol. The van der Waals surface area contributed by atoms with Crippen LogP contribution in [0.2, 0.25) is 0 Å². The summed E-state index contributed by atoms with van der Waals surface area (Å²) in [5, 5.41) is 6.73. The molecule has 3 rings (SSSR count). The van der Waals surface area contributed by atoms with Gasteiger partial charge in [-0.3, -0.25) is 9.48 Å². The number of aryl methyl sites for hydroxylation is 2. The van der Waals surface area contributed by atoms with Gasteiger partial charge >= 0.3 is 6.36 Å². The van der Waals surface area contributed by atoms with Crippen LogP contribution in [0.1, 0.15) is 23.7 Å². The van der Waals surface area contributed by atoms with Crippen molar-refractivity contribution in [2.75, 3.05) is 12.4 Å². The topological polar surface area (TPSA) is 106 Å². The van der Waals surface area contributed by atoms with Crippen LogP contribution in [-0.2, 0) is 22.1 Å². The molecular weight excluding hydrogens is 427 g/mol. The number of alkyl halides is 3. The van der Waals surface area contributed by atoms with Gasteiger partial charge < -0.3 is 10.1 Å². The number of nitrogens with one attached hydrogen (secondary N) is 2. The van der Waals surface area contributed by atoms with Crippen LogP contribution in [0.15, 0.2) is 30.5 Å². The van der Waals surface area contributed by atoms with E-state index in [2.05, 4.69) is 19.9 Å². The molecule has 0 spiro atoms. The van der Waals surface area contributed by atoms with Gasteiger partial charge in [-0.1, -0.05) is 0 Å². The maximum absolute atomic E-state index is 12.8. The van der Waals surface area contributed by atoms with Crippen LogP contribution in [0.4, 0.5) is 18.9 Å². The molecule has 30 heavy (non-hydrogen) atoms. The first kappa shape index (κ1) is 22.1. The Hall–Kier alpha value is -2.64. The summed E-state index contributed by atoms with van der Waals surface area (Å²) < 4.78 is 70.6. The number of aromatic nitrogens is 2. The molecule has 0 unspecified atom stereocenters. The highest BCUT2D eigenvalue weighted by Gasteiger charge is 2.41. The Morgan fingerprint density at radius 3 is 2.43 bits per heavy atom. The standard InChI is InChI=1S/C17H20F3N5O4S/c1-10-13(9-24(2)22-10)14-8-15(25(3)30(27,28)23-14)16(26)21-11-4-6-12(7-5-11)29-17(18,19)20/h4-7,9,14-15,23H,8H2,1-3H3,(H,21,26)/t14-,15-/m1/s1. The summed E-state index contributed by atoms with van der Waals surface area (Å²) in [5.41, 5.74) is 1.49. The van der Waals surface area contributed by atoms with E-state index in [1.165, 1.54) is 19.2 Å². The Kier molecular flexibility index (Phi) is 5.80. The van der Waals surface area contributed by atoms with E-state index in [0.717, 1.165) is 16.4 Å². The lowest BCUT2D eigenvalue weighted by Gasteiger charge is -2.36. The zero-order chi connectivity index (χ0) is 22.3. The van der Waals surface area contributed by atoms with Crippen molar-refractivity contribution < 1.29 is 31.1 Å². The number of halogens is 3. The summed E-state index contributed by atoms with van der Waals surface area (Å²) in [6.45, 7) is 1.74. The van der Waals surface area contributed by atoms with Gasteiger partial charge in [-0.05, 0) is 37.6 Å². The Labute approximate surface area is 171 Å². The number of anilines is 1. The fraction of sp³-hybridized carbons (Fsp3) is 0.412. The van der Waals surface area contributed by atoms with Crippen molar-refractivity contribution in [1.29, 1.82) is 0 Å². The molecule has 1 aromatic carbocycles. The van der Waals surface area contributed by atoms with Crippen molar-refractivity contribution in [3.05, 3.63) is 41.7 Å². The Morgan fingerprint density at radius 1 is 1.27 bits per heavy atom. The first-order valence-electron chi connectivity index (χ1n) is 8.78. The van der Waals surface area contributed by atoms with Crippen LogP contribution in [-0.4, -0.2) is 47.9 Å². The predicted molar refractivity (Wildman–Crippen MR) is 101 cm³/mol. The van der Waals surface area contributed by atoms with Gasteiger partial charge in [0.1, 0.15) is 11.8 Å². The van der Waals surface area contributed by atoms with Crippen LogP contribution < -0.4 is 14.8 Å². The van der Waals surface area contributed by atoms with Crippen LogP contribution in [0, 0.1) is 6.92 Å². The average Bonchev–Trinajstić information content (AvgIpc) is 2.96. The Balaban J connectivity index is 1.77. The number of benzene rings is 1. The molecule has 0 radical (unpaired) electrons. The molecule has 1 aliphatic heterocycles. The summed E-state index contributed by atoms with van der Waals surface area (Å²) in [5.74, 6) is -1.05. The molecule has 1 aromatic heterocycles. The number of ether oxygens (including phenoxy) is 1. The maximum atomic E-state index is 12.8. The van der Waals surface area contributed by atoms with E-state index >= 15 is 0 Å². The molecule has 0 saturated carbocycles. The third-order valence-electron chi connectivity index (χ3n) is 4.65. The minimum absolute atomic E-state index is 0.142. The molecule has 0 bridgehead atoms. The van der Waals surface area contributed by atoms with E-state index in [0.29, 0.717) is 11.3 Å². The second-order valence-corrected chi connectivity index (χ2v) is 8.61. The van der Waals surface area contributed by atoms with Crippen molar-refractivity contribution in [3.63, 3.8) is 0 Å². The van der Waals surface area contributed by atoms with Crippen LogP contribution in [0.5, 0.6) is 5.75 Å². The molecule has 164 valence electrons. The van der Waals surface area contributed by atoms with E-state index in [-0.39, 0.29) is 12.1 Å². The number of hydrogen-bond acceptors (Lipinski definition) is 5. The first-order chi connectivity index (χ1) is 13.9. The summed E-state index contributed by atoms with van der Waals surface area (Å²) >= 11 is 0. The molecule has 0 aliphatic carbocycles. The van der Waals surface area contributed by atoms with Gasteiger partial charge in [0.15, 0.2) is 0 Å². The molecule has 9 nitrogen and oxygen atoms in total. The van der Waals surface area contributed by atoms with Crippen LogP contribution in [0.25, 0.3) is 0 Å². The molecule has 13 heteroatoms. The van der Waals surface area contributed by atoms with Gasteiger partial charge in [0, 0.05) is 31.5 Å². The SMILES string of the molecule is Cc1nn(C)cc1[C@H]1C[C@H](C(=O)Nc2ccc(OC(F)(F)F)cc2)N(C)S(=O)(=O)N1. The van der Waals surface area contributed by atoms with Crippen LogP contribution >= 0.6 is 0 Å². The smallest absolute Gasteiger partial charge is 0.406 e. The quantitative estimate of drug-likeness (QED) is 0.744. The molecule has 1 amide bonds.